The van der Waals surface area contributed by atoms with Gasteiger partial charge in [0.2, 0.25) is 5.91 Å². The highest BCUT2D eigenvalue weighted by Gasteiger charge is 2.30. The Kier molecular flexibility index (Phi) is 4.57. The van der Waals surface area contributed by atoms with Crippen molar-refractivity contribution in [3.63, 3.8) is 0 Å². The van der Waals surface area contributed by atoms with Crippen molar-refractivity contribution >= 4 is 5.91 Å². The van der Waals surface area contributed by atoms with Crippen molar-refractivity contribution < 1.29 is 18.0 Å². The van der Waals surface area contributed by atoms with Crippen molar-refractivity contribution in [1.82, 2.24) is 10.6 Å². The summed E-state index contributed by atoms with van der Waals surface area (Å²) in [5, 5.41) is 5.86. The molecule has 1 unspecified atom stereocenters. The molecule has 6 heteroatoms. The van der Waals surface area contributed by atoms with Crippen LogP contribution in [-0.4, -0.2) is 11.9 Å². The minimum atomic E-state index is -4.38. The SMILES string of the molecule is O=C(NCc1cccc(C(F)(F)F)c1)C1Cc2ccccc2CN1. The van der Waals surface area contributed by atoms with Gasteiger partial charge in [0.15, 0.2) is 0 Å². The molecule has 1 aliphatic rings. The highest BCUT2D eigenvalue weighted by atomic mass is 19.4. The molecule has 0 spiro atoms. The molecule has 24 heavy (non-hydrogen) atoms. The molecule has 2 aromatic rings. The highest BCUT2D eigenvalue weighted by molar-refractivity contribution is 5.82. The number of halogens is 3. The molecule has 1 aliphatic heterocycles. The first-order chi connectivity index (χ1) is 11.4. The Morgan fingerprint density at radius 2 is 1.88 bits per heavy atom. The van der Waals surface area contributed by atoms with Gasteiger partial charge in [-0.25, -0.2) is 0 Å². The molecular weight excluding hydrogens is 317 g/mol. The summed E-state index contributed by atoms with van der Waals surface area (Å²) >= 11 is 0. The van der Waals surface area contributed by atoms with E-state index in [1.54, 1.807) is 6.07 Å². The van der Waals surface area contributed by atoms with E-state index in [9.17, 15) is 18.0 Å². The molecular formula is C18H17F3N2O. The lowest BCUT2D eigenvalue weighted by atomic mass is 9.95. The van der Waals surface area contributed by atoms with Gasteiger partial charge in [0, 0.05) is 13.1 Å². The number of hydrogen-bond acceptors (Lipinski definition) is 2. The second kappa shape index (κ2) is 6.65. The van der Waals surface area contributed by atoms with Gasteiger partial charge in [-0.05, 0) is 35.2 Å². The summed E-state index contributed by atoms with van der Waals surface area (Å²) < 4.78 is 38.1. The number of carbonyl (C=O) groups is 1. The molecule has 2 N–H and O–H groups in total. The van der Waals surface area contributed by atoms with Crippen molar-refractivity contribution in [2.75, 3.05) is 0 Å². The summed E-state index contributed by atoms with van der Waals surface area (Å²) in [6.45, 7) is 0.681. The Morgan fingerprint density at radius 1 is 1.12 bits per heavy atom. The second-order valence-corrected chi connectivity index (χ2v) is 5.82. The Morgan fingerprint density at radius 3 is 2.62 bits per heavy atom. The number of alkyl halides is 3. The Labute approximate surface area is 137 Å². The predicted molar refractivity (Wildman–Crippen MR) is 84.1 cm³/mol. The molecule has 126 valence electrons. The molecule has 0 fully saturated rings. The fourth-order valence-corrected chi connectivity index (χ4v) is 2.81. The number of carbonyl (C=O) groups excluding carboxylic acids is 1. The maximum absolute atomic E-state index is 12.7. The van der Waals surface area contributed by atoms with Gasteiger partial charge in [-0.2, -0.15) is 13.2 Å². The van der Waals surface area contributed by atoms with Gasteiger partial charge in [-0.15, -0.1) is 0 Å². The van der Waals surface area contributed by atoms with E-state index >= 15 is 0 Å². The van der Waals surface area contributed by atoms with E-state index in [4.69, 9.17) is 0 Å². The van der Waals surface area contributed by atoms with Crippen LogP contribution in [0.4, 0.5) is 13.2 Å². The maximum atomic E-state index is 12.7. The first kappa shape index (κ1) is 16.5. The van der Waals surface area contributed by atoms with Crippen LogP contribution < -0.4 is 10.6 Å². The zero-order chi connectivity index (χ0) is 17.2. The van der Waals surface area contributed by atoms with E-state index in [0.29, 0.717) is 18.5 Å². The van der Waals surface area contributed by atoms with Gasteiger partial charge in [0.05, 0.1) is 11.6 Å². The number of amides is 1. The van der Waals surface area contributed by atoms with Gasteiger partial charge in [0.25, 0.3) is 0 Å². The van der Waals surface area contributed by atoms with Gasteiger partial charge < -0.3 is 10.6 Å². The fraction of sp³-hybridized carbons (Fsp3) is 0.278. The normalized spacial score (nSPS) is 17.2. The standard InChI is InChI=1S/C18H17F3N2O/c19-18(20,21)15-7-3-4-12(8-15)10-23-17(24)16-9-13-5-1-2-6-14(13)11-22-16/h1-8,16,22H,9-11H2,(H,23,24). The smallest absolute Gasteiger partial charge is 0.351 e. The molecule has 1 atom stereocenters. The molecule has 3 rings (SSSR count). The van der Waals surface area contributed by atoms with Gasteiger partial charge >= 0.3 is 6.18 Å². The fourth-order valence-electron chi connectivity index (χ4n) is 2.81. The van der Waals surface area contributed by atoms with Crippen LogP contribution in [0.15, 0.2) is 48.5 Å². The largest absolute Gasteiger partial charge is 0.416 e. The Balaban J connectivity index is 1.61. The van der Waals surface area contributed by atoms with Crippen LogP contribution >= 0.6 is 0 Å². The van der Waals surface area contributed by atoms with Crippen molar-refractivity contribution in [3.8, 4) is 0 Å². The van der Waals surface area contributed by atoms with Crippen LogP contribution in [0, 0.1) is 0 Å². The number of nitrogens with one attached hydrogen (secondary N) is 2. The van der Waals surface area contributed by atoms with Crippen LogP contribution in [0.3, 0.4) is 0 Å². The van der Waals surface area contributed by atoms with E-state index in [0.717, 1.165) is 17.7 Å². The minimum absolute atomic E-state index is 0.0720. The number of fused-ring (bicyclic) bond motifs is 1. The predicted octanol–water partition coefficient (Wildman–Crippen LogP) is 3.04. The quantitative estimate of drug-likeness (QED) is 0.906. The summed E-state index contributed by atoms with van der Waals surface area (Å²) in [4.78, 5) is 12.3. The van der Waals surface area contributed by atoms with E-state index in [-0.39, 0.29) is 18.5 Å². The first-order valence-corrected chi connectivity index (χ1v) is 7.67. The Bertz CT molecular complexity index is 743. The molecule has 0 saturated heterocycles. The molecule has 2 aromatic carbocycles. The molecule has 0 aliphatic carbocycles. The molecule has 1 heterocycles. The van der Waals surface area contributed by atoms with Crippen LogP contribution in [0.5, 0.6) is 0 Å². The van der Waals surface area contributed by atoms with Gasteiger partial charge in [0.1, 0.15) is 0 Å². The van der Waals surface area contributed by atoms with Gasteiger partial charge in [-0.1, -0.05) is 36.4 Å². The molecule has 0 radical (unpaired) electrons. The summed E-state index contributed by atoms with van der Waals surface area (Å²) in [6.07, 6.45) is -3.81. The summed E-state index contributed by atoms with van der Waals surface area (Å²) in [6, 6.07) is 12.5. The van der Waals surface area contributed by atoms with Crippen LogP contribution in [-0.2, 0) is 30.5 Å². The van der Waals surface area contributed by atoms with Crippen LogP contribution in [0.25, 0.3) is 0 Å². The summed E-state index contributed by atoms with van der Waals surface area (Å²) in [5.41, 5.74) is 2.00. The Hall–Kier alpha value is -2.34. The molecule has 0 saturated carbocycles. The monoisotopic (exact) mass is 334 g/mol. The molecule has 0 bridgehead atoms. The van der Waals surface area contributed by atoms with Crippen molar-refractivity contribution in [2.24, 2.45) is 0 Å². The topological polar surface area (TPSA) is 41.1 Å². The molecule has 3 nitrogen and oxygen atoms in total. The van der Waals surface area contributed by atoms with E-state index < -0.39 is 11.7 Å². The van der Waals surface area contributed by atoms with Crippen molar-refractivity contribution in [1.29, 1.82) is 0 Å². The third kappa shape index (κ3) is 3.76. The van der Waals surface area contributed by atoms with E-state index in [1.165, 1.54) is 11.6 Å². The first-order valence-electron chi connectivity index (χ1n) is 7.67. The highest BCUT2D eigenvalue weighted by Crippen LogP contribution is 2.29. The third-order valence-corrected chi connectivity index (χ3v) is 4.12. The zero-order valence-electron chi connectivity index (χ0n) is 12.9. The average molecular weight is 334 g/mol. The molecule has 0 aromatic heterocycles. The maximum Gasteiger partial charge on any atom is 0.416 e. The van der Waals surface area contributed by atoms with E-state index in [2.05, 4.69) is 10.6 Å². The van der Waals surface area contributed by atoms with Crippen molar-refractivity contribution in [3.05, 3.63) is 70.8 Å². The van der Waals surface area contributed by atoms with Crippen LogP contribution in [0.2, 0.25) is 0 Å². The van der Waals surface area contributed by atoms with Crippen LogP contribution in [0.1, 0.15) is 22.3 Å². The number of hydrogen-bond donors (Lipinski definition) is 2. The number of benzene rings is 2. The number of rotatable bonds is 3. The van der Waals surface area contributed by atoms with Crippen molar-refractivity contribution in [2.45, 2.75) is 31.7 Å². The minimum Gasteiger partial charge on any atom is -0.351 e. The molecule has 1 amide bonds. The summed E-state index contributed by atoms with van der Waals surface area (Å²) in [7, 11) is 0. The lowest BCUT2D eigenvalue weighted by Crippen LogP contribution is -2.47. The zero-order valence-corrected chi connectivity index (χ0v) is 12.9. The van der Waals surface area contributed by atoms with Gasteiger partial charge in [-0.3, -0.25) is 4.79 Å². The lowest BCUT2D eigenvalue weighted by Gasteiger charge is -2.25. The third-order valence-electron chi connectivity index (χ3n) is 4.12. The van der Waals surface area contributed by atoms with E-state index in [1.807, 2.05) is 24.3 Å². The lowest BCUT2D eigenvalue weighted by molar-refractivity contribution is -0.137. The second-order valence-electron chi connectivity index (χ2n) is 5.82. The average Bonchev–Trinajstić information content (AvgIpc) is 2.59. The summed E-state index contributed by atoms with van der Waals surface area (Å²) in [5.74, 6) is -0.207.